The summed E-state index contributed by atoms with van der Waals surface area (Å²) in [6.07, 6.45) is 0. The zero-order valence-electron chi connectivity index (χ0n) is 11.5. The van der Waals surface area contributed by atoms with E-state index in [2.05, 4.69) is 9.46 Å². The number of rotatable bonds is 7. The molecule has 0 aliphatic heterocycles. The summed E-state index contributed by atoms with van der Waals surface area (Å²) in [5.41, 5.74) is 0.193. The Bertz CT molecular complexity index is 718. The highest BCUT2D eigenvalue weighted by Gasteiger charge is 2.17. The molecule has 0 saturated heterocycles. The molecule has 1 heterocycles. The number of thiophene rings is 1. The van der Waals surface area contributed by atoms with Crippen LogP contribution >= 0.6 is 11.3 Å². The van der Waals surface area contributed by atoms with Crippen LogP contribution in [0.25, 0.3) is 0 Å². The Kier molecular flexibility index (Phi) is 5.19. The minimum Gasteiger partial charge on any atom is -0.490 e. The molecule has 0 fully saturated rings. The lowest BCUT2D eigenvalue weighted by atomic mass is 10.3. The molecule has 0 unspecified atom stereocenters. The predicted molar refractivity (Wildman–Crippen MR) is 79.4 cm³/mol. The smallest absolute Gasteiger partial charge is 0.387 e. The molecule has 0 radical (unpaired) electrons. The lowest BCUT2D eigenvalue weighted by Crippen LogP contribution is -2.12. The van der Waals surface area contributed by atoms with Crippen molar-refractivity contribution in [3.8, 4) is 11.5 Å². The maximum atomic E-state index is 12.3. The number of nitrogens with one attached hydrogen (secondary N) is 1. The SMILES string of the molecule is CCOc1cc(NS(=O)(=O)c2cccs2)ccc1OC(F)F. The monoisotopic (exact) mass is 349 g/mol. The van der Waals surface area contributed by atoms with E-state index in [0.717, 1.165) is 11.3 Å². The molecule has 1 aromatic carbocycles. The second-order valence-electron chi connectivity index (χ2n) is 4.01. The highest BCUT2D eigenvalue weighted by Crippen LogP contribution is 2.32. The second kappa shape index (κ2) is 6.93. The van der Waals surface area contributed by atoms with Crippen molar-refractivity contribution < 1.29 is 26.7 Å². The zero-order chi connectivity index (χ0) is 16.2. The van der Waals surface area contributed by atoms with Crippen LogP contribution in [0.2, 0.25) is 0 Å². The van der Waals surface area contributed by atoms with E-state index in [4.69, 9.17) is 4.74 Å². The Morgan fingerprint density at radius 1 is 1.27 bits per heavy atom. The average Bonchev–Trinajstić information content (AvgIpc) is 2.96. The van der Waals surface area contributed by atoms with Crippen LogP contribution < -0.4 is 14.2 Å². The Labute approximate surface area is 130 Å². The normalized spacial score (nSPS) is 11.5. The van der Waals surface area contributed by atoms with E-state index in [9.17, 15) is 17.2 Å². The van der Waals surface area contributed by atoms with Gasteiger partial charge in [-0.1, -0.05) is 6.07 Å². The van der Waals surface area contributed by atoms with Crippen molar-refractivity contribution >= 4 is 27.0 Å². The molecule has 1 aromatic heterocycles. The van der Waals surface area contributed by atoms with E-state index in [1.54, 1.807) is 18.4 Å². The van der Waals surface area contributed by atoms with Gasteiger partial charge in [0.25, 0.3) is 10.0 Å². The van der Waals surface area contributed by atoms with Crippen LogP contribution in [0.3, 0.4) is 0 Å². The van der Waals surface area contributed by atoms with Crippen LogP contribution in [0.4, 0.5) is 14.5 Å². The summed E-state index contributed by atoms with van der Waals surface area (Å²) in [5, 5.41) is 1.64. The van der Waals surface area contributed by atoms with Gasteiger partial charge in [-0.05, 0) is 30.5 Å². The summed E-state index contributed by atoms with van der Waals surface area (Å²) in [7, 11) is -3.71. The minimum atomic E-state index is -3.71. The predicted octanol–water partition coefficient (Wildman–Crippen LogP) is 3.55. The van der Waals surface area contributed by atoms with Gasteiger partial charge in [-0.15, -0.1) is 11.3 Å². The van der Waals surface area contributed by atoms with Crippen molar-refractivity contribution in [1.29, 1.82) is 0 Å². The zero-order valence-corrected chi connectivity index (χ0v) is 13.1. The number of alkyl halides is 2. The number of anilines is 1. The van der Waals surface area contributed by atoms with Crippen molar-refractivity contribution in [1.82, 2.24) is 0 Å². The van der Waals surface area contributed by atoms with E-state index >= 15 is 0 Å². The lowest BCUT2D eigenvalue weighted by molar-refractivity contribution is -0.0514. The molecule has 2 aromatic rings. The number of hydrogen-bond acceptors (Lipinski definition) is 5. The number of ether oxygens (including phenoxy) is 2. The maximum absolute atomic E-state index is 12.3. The summed E-state index contributed by atoms with van der Waals surface area (Å²) in [6.45, 7) is -1.09. The topological polar surface area (TPSA) is 64.6 Å². The third kappa shape index (κ3) is 4.08. The van der Waals surface area contributed by atoms with Crippen LogP contribution in [0.1, 0.15) is 6.92 Å². The van der Waals surface area contributed by atoms with Crippen molar-refractivity contribution in [3.05, 3.63) is 35.7 Å². The quantitative estimate of drug-likeness (QED) is 0.830. The second-order valence-corrected chi connectivity index (χ2v) is 6.87. The fraction of sp³-hybridized carbons (Fsp3) is 0.231. The van der Waals surface area contributed by atoms with Crippen LogP contribution in [-0.2, 0) is 10.0 Å². The molecule has 22 heavy (non-hydrogen) atoms. The minimum absolute atomic E-state index is 0.0363. The van der Waals surface area contributed by atoms with Crippen LogP contribution in [0.15, 0.2) is 39.9 Å². The Morgan fingerprint density at radius 2 is 2.05 bits per heavy atom. The summed E-state index contributed by atoms with van der Waals surface area (Å²) in [4.78, 5) is 0. The highest BCUT2D eigenvalue weighted by atomic mass is 32.2. The van der Waals surface area contributed by atoms with E-state index in [0.29, 0.717) is 0 Å². The first-order chi connectivity index (χ1) is 10.4. The van der Waals surface area contributed by atoms with Gasteiger partial charge in [-0.2, -0.15) is 8.78 Å². The first-order valence-electron chi connectivity index (χ1n) is 6.20. The first kappa shape index (κ1) is 16.5. The van der Waals surface area contributed by atoms with Gasteiger partial charge < -0.3 is 9.47 Å². The molecule has 0 saturated carbocycles. The Morgan fingerprint density at radius 3 is 2.64 bits per heavy atom. The third-order valence-electron chi connectivity index (χ3n) is 2.47. The molecule has 0 aliphatic rings. The molecular weight excluding hydrogens is 336 g/mol. The van der Waals surface area contributed by atoms with E-state index in [-0.39, 0.29) is 28.0 Å². The van der Waals surface area contributed by atoms with E-state index < -0.39 is 16.6 Å². The van der Waals surface area contributed by atoms with Crippen molar-refractivity contribution in [2.45, 2.75) is 17.7 Å². The van der Waals surface area contributed by atoms with Gasteiger partial charge >= 0.3 is 6.61 Å². The third-order valence-corrected chi connectivity index (χ3v) is 5.25. The van der Waals surface area contributed by atoms with Crippen molar-refractivity contribution in [2.75, 3.05) is 11.3 Å². The molecule has 1 N–H and O–H groups in total. The standard InChI is InChI=1S/C13H13F2NO4S2/c1-2-19-11-8-9(5-6-10(11)20-13(14)15)16-22(17,18)12-4-3-7-21-12/h3-8,13,16H,2H2,1H3. The Balaban J connectivity index is 2.27. The van der Waals surface area contributed by atoms with Gasteiger partial charge in [0.05, 0.1) is 12.3 Å². The van der Waals surface area contributed by atoms with Crippen molar-refractivity contribution in [3.63, 3.8) is 0 Å². The highest BCUT2D eigenvalue weighted by molar-refractivity contribution is 7.94. The largest absolute Gasteiger partial charge is 0.490 e. The van der Waals surface area contributed by atoms with E-state index in [1.807, 2.05) is 0 Å². The molecule has 5 nitrogen and oxygen atoms in total. The van der Waals surface area contributed by atoms with Gasteiger partial charge in [0.2, 0.25) is 0 Å². The average molecular weight is 349 g/mol. The van der Waals surface area contributed by atoms with Gasteiger partial charge in [-0.25, -0.2) is 8.42 Å². The van der Waals surface area contributed by atoms with Crippen molar-refractivity contribution in [2.24, 2.45) is 0 Å². The molecule has 0 bridgehead atoms. The lowest BCUT2D eigenvalue weighted by Gasteiger charge is -2.13. The molecule has 9 heteroatoms. The fourth-order valence-electron chi connectivity index (χ4n) is 1.66. The van der Waals surface area contributed by atoms with Gasteiger partial charge in [0.15, 0.2) is 11.5 Å². The molecule has 0 atom stereocenters. The summed E-state index contributed by atoms with van der Waals surface area (Å²) >= 11 is 1.07. The molecule has 0 spiro atoms. The van der Waals surface area contributed by atoms with Gasteiger partial charge in [0, 0.05) is 6.07 Å². The molecule has 0 aliphatic carbocycles. The Hall–Kier alpha value is -1.87. The molecule has 2 rings (SSSR count). The van der Waals surface area contributed by atoms with Crippen LogP contribution in [-0.4, -0.2) is 21.6 Å². The fourth-order valence-corrected chi connectivity index (χ4v) is 3.70. The van der Waals surface area contributed by atoms with Gasteiger partial charge in [0.1, 0.15) is 4.21 Å². The molecule has 0 amide bonds. The van der Waals surface area contributed by atoms with Crippen LogP contribution in [0, 0.1) is 0 Å². The maximum Gasteiger partial charge on any atom is 0.387 e. The number of halogens is 2. The summed E-state index contributed by atoms with van der Waals surface area (Å²) in [6, 6.07) is 6.93. The molecule has 120 valence electrons. The number of hydrogen-bond donors (Lipinski definition) is 1. The summed E-state index contributed by atoms with van der Waals surface area (Å²) in [5.74, 6) is -0.120. The van der Waals surface area contributed by atoms with Gasteiger partial charge in [-0.3, -0.25) is 4.72 Å². The first-order valence-corrected chi connectivity index (χ1v) is 8.56. The van der Waals surface area contributed by atoms with E-state index in [1.165, 1.54) is 24.3 Å². The van der Waals surface area contributed by atoms with Crippen LogP contribution in [0.5, 0.6) is 11.5 Å². The number of sulfonamides is 1. The molecular formula is C13H13F2NO4S2. The summed E-state index contributed by atoms with van der Waals surface area (Å²) < 4.78 is 60.9. The number of benzene rings is 1.